The smallest absolute Gasteiger partial charge is 0.243 e. The van der Waals surface area contributed by atoms with Gasteiger partial charge in [-0.15, -0.1) is 0 Å². The number of halogens is 1. The van der Waals surface area contributed by atoms with Crippen molar-refractivity contribution in [3.8, 4) is 11.5 Å². The molecule has 0 bridgehead atoms. The molecule has 2 amide bonds. The maximum Gasteiger partial charge on any atom is 0.243 e. The van der Waals surface area contributed by atoms with Crippen molar-refractivity contribution in [3.63, 3.8) is 0 Å². The predicted molar refractivity (Wildman–Crippen MR) is 168 cm³/mol. The summed E-state index contributed by atoms with van der Waals surface area (Å²) in [5.74, 6) is -0.0214. The zero-order valence-electron chi connectivity index (χ0n) is 25.4. The molecule has 1 atom stereocenters. The average Bonchev–Trinajstić information content (AvgIpc) is 3.00. The SMILES string of the molecule is CC(C)CNC(=O)[C@@H](Cc1ccccc1)N(Cc1ccccc1F)C(=O)CCCN(c1ccc2c(c1)OCCO2)S(C)(=O)=O. The van der Waals surface area contributed by atoms with Gasteiger partial charge in [0.25, 0.3) is 0 Å². The number of carbonyl (C=O) groups is 2. The van der Waals surface area contributed by atoms with Gasteiger partial charge in [0.2, 0.25) is 21.8 Å². The molecule has 1 heterocycles. The molecule has 0 saturated heterocycles. The van der Waals surface area contributed by atoms with Crippen LogP contribution in [0.5, 0.6) is 11.5 Å². The molecule has 0 saturated carbocycles. The van der Waals surface area contributed by atoms with E-state index in [-0.39, 0.29) is 55.6 Å². The van der Waals surface area contributed by atoms with Crippen LogP contribution in [0.2, 0.25) is 0 Å². The highest BCUT2D eigenvalue weighted by Gasteiger charge is 2.31. The highest BCUT2D eigenvalue weighted by molar-refractivity contribution is 7.92. The van der Waals surface area contributed by atoms with E-state index in [9.17, 15) is 22.4 Å². The van der Waals surface area contributed by atoms with Crippen LogP contribution in [-0.2, 0) is 32.6 Å². The third kappa shape index (κ3) is 8.95. The number of sulfonamides is 1. The summed E-state index contributed by atoms with van der Waals surface area (Å²) >= 11 is 0. The van der Waals surface area contributed by atoms with Crippen molar-refractivity contribution < 1.29 is 31.9 Å². The summed E-state index contributed by atoms with van der Waals surface area (Å²) in [7, 11) is -3.70. The molecule has 1 aliphatic rings. The minimum absolute atomic E-state index is 0.0145. The summed E-state index contributed by atoms with van der Waals surface area (Å²) in [4.78, 5) is 28.9. The largest absolute Gasteiger partial charge is 0.486 e. The molecule has 236 valence electrons. The number of rotatable bonds is 14. The Kier molecular flexibility index (Phi) is 11.2. The predicted octanol–water partition coefficient (Wildman–Crippen LogP) is 4.56. The number of carbonyl (C=O) groups excluding carboxylic acids is 2. The Morgan fingerprint density at radius 2 is 1.64 bits per heavy atom. The molecule has 1 aliphatic heterocycles. The van der Waals surface area contributed by atoms with Crippen molar-refractivity contribution in [2.75, 3.05) is 36.9 Å². The number of nitrogens with zero attached hydrogens (tertiary/aromatic N) is 2. The molecular weight excluding hydrogens is 585 g/mol. The van der Waals surface area contributed by atoms with Gasteiger partial charge in [0.05, 0.1) is 11.9 Å². The minimum atomic E-state index is -3.70. The summed E-state index contributed by atoms with van der Waals surface area (Å²) in [6, 6.07) is 19.5. The van der Waals surface area contributed by atoms with Gasteiger partial charge in [-0.05, 0) is 36.1 Å². The average molecular weight is 626 g/mol. The fraction of sp³-hybridized carbons (Fsp3) is 0.394. The van der Waals surface area contributed by atoms with Crippen molar-refractivity contribution in [1.82, 2.24) is 10.2 Å². The lowest BCUT2D eigenvalue weighted by atomic mass is 10.0. The summed E-state index contributed by atoms with van der Waals surface area (Å²) in [6.45, 7) is 5.04. The van der Waals surface area contributed by atoms with Gasteiger partial charge in [-0.3, -0.25) is 13.9 Å². The molecule has 1 N–H and O–H groups in total. The van der Waals surface area contributed by atoms with E-state index in [1.54, 1.807) is 36.4 Å². The maximum atomic E-state index is 14.8. The molecule has 0 radical (unpaired) electrons. The van der Waals surface area contributed by atoms with Gasteiger partial charge >= 0.3 is 0 Å². The van der Waals surface area contributed by atoms with Crippen LogP contribution < -0.4 is 19.1 Å². The van der Waals surface area contributed by atoms with Crippen LogP contribution >= 0.6 is 0 Å². The third-order valence-corrected chi connectivity index (χ3v) is 8.41. The zero-order valence-corrected chi connectivity index (χ0v) is 26.2. The number of ether oxygens (including phenoxy) is 2. The summed E-state index contributed by atoms with van der Waals surface area (Å²) in [5.41, 5.74) is 1.53. The second kappa shape index (κ2) is 15.1. The van der Waals surface area contributed by atoms with Crippen molar-refractivity contribution in [2.45, 2.75) is 45.7 Å². The van der Waals surface area contributed by atoms with Crippen LogP contribution in [-0.4, -0.2) is 63.7 Å². The van der Waals surface area contributed by atoms with Gasteiger partial charge in [-0.25, -0.2) is 12.8 Å². The first-order valence-electron chi connectivity index (χ1n) is 14.7. The van der Waals surface area contributed by atoms with Crippen molar-refractivity contribution in [3.05, 3.63) is 89.7 Å². The van der Waals surface area contributed by atoms with Crippen LogP contribution in [0.15, 0.2) is 72.8 Å². The first kappa shape index (κ1) is 32.8. The molecule has 0 aromatic heterocycles. The minimum Gasteiger partial charge on any atom is -0.486 e. The number of amides is 2. The zero-order chi connectivity index (χ0) is 31.7. The Balaban J connectivity index is 1.58. The standard InChI is InChI=1S/C33H40FN3O6S/c1-24(2)22-35-33(39)29(20-25-10-5-4-6-11-25)36(23-26-12-7-8-13-28(26)34)32(38)14-9-17-37(44(3,40)41)27-15-16-30-31(21-27)43-19-18-42-30/h4-8,10-13,15-16,21,24,29H,9,14,17-20,22-23H2,1-3H3,(H,35,39)/t29-/m1/s1. The van der Waals surface area contributed by atoms with E-state index in [1.165, 1.54) is 15.3 Å². The number of benzene rings is 3. The Bertz CT molecular complexity index is 1530. The van der Waals surface area contributed by atoms with Crippen molar-refractivity contribution in [2.24, 2.45) is 5.92 Å². The Hall–Kier alpha value is -4.12. The summed E-state index contributed by atoms with van der Waals surface area (Å²) in [6.07, 6.45) is 1.44. The molecule has 3 aromatic rings. The number of anilines is 1. The second-order valence-corrected chi connectivity index (χ2v) is 13.1. The van der Waals surface area contributed by atoms with E-state index in [0.29, 0.717) is 36.9 Å². The summed E-state index contributed by atoms with van der Waals surface area (Å²) < 4.78 is 52.8. The Morgan fingerprint density at radius 3 is 2.32 bits per heavy atom. The van der Waals surface area contributed by atoms with E-state index in [0.717, 1.165) is 11.8 Å². The molecule has 0 aliphatic carbocycles. The lowest BCUT2D eigenvalue weighted by molar-refractivity contribution is -0.141. The van der Waals surface area contributed by atoms with E-state index in [4.69, 9.17) is 9.47 Å². The van der Waals surface area contributed by atoms with Gasteiger partial charge in [0, 0.05) is 44.1 Å². The van der Waals surface area contributed by atoms with Crippen LogP contribution in [0.4, 0.5) is 10.1 Å². The molecular formula is C33H40FN3O6S. The fourth-order valence-electron chi connectivity index (χ4n) is 4.98. The topological polar surface area (TPSA) is 105 Å². The molecule has 3 aromatic carbocycles. The number of hydrogen-bond donors (Lipinski definition) is 1. The molecule has 11 heteroatoms. The lowest BCUT2D eigenvalue weighted by Crippen LogP contribution is -2.51. The Morgan fingerprint density at radius 1 is 0.955 bits per heavy atom. The second-order valence-electron chi connectivity index (χ2n) is 11.2. The molecule has 44 heavy (non-hydrogen) atoms. The van der Waals surface area contributed by atoms with Crippen LogP contribution in [0.1, 0.15) is 37.8 Å². The first-order chi connectivity index (χ1) is 21.0. The van der Waals surface area contributed by atoms with Gasteiger partial charge < -0.3 is 19.7 Å². The third-order valence-electron chi connectivity index (χ3n) is 7.22. The molecule has 4 rings (SSSR count). The van der Waals surface area contributed by atoms with Crippen molar-refractivity contribution in [1.29, 1.82) is 0 Å². The molecule has 9 nitrogen and oxygen atoms in total. The first-order valence-corrected chi connectivity index (χ1v) is 16.6. The van der Waals surface area contributed by atoms with E-state index in [1.807, 2.05) is 44.2 Å². The van der Waals surface area contributed by atoms with Gasteiger partial charge in [-0.1, -0.05) is 62.4 Å². The fourth-order valence-corrected chi connectivity index (χ4v) is 5.93. The van der Waals surface area contributed by atoms with Crippen LogP contribution in [0, 0.1) is 11.7 Å². The molecule has 0 unspecified atom stereocenters. The van der Waals surface area contributed by atoms with E-state index in [2.05, 4.69) is 5.32 Å². The lowest BCUT2D eigenvalue weighted by Gasteiger charge is -2.32. The normalized spacial score (nSPS) is 13.3. The van der Waals surface area contributed by atoms with Crippen LogP contribution in [0.25, 0.3) is 0 Å². The van der Waals surface area contributed by atoms with Crippen LogP contribution in [0.3, 0.4) is 0 Å². The number of hydrogen-bond acceptors (Lipinski definition) is 6. The highest BCUT2D eigenvalue weighted by Crippen LogP contribution is 2.35. The van der Waals surface area contributed by atoms with Crippen molar-refractivity contribution >= 4 is 27.5 Å². The van der Waals surface area contributed by atoms with Gasteiger partial charge in [0.1, 0.15) is 25.1 Å². The molecule has 0 spiro atoms. The summed E-state index contributed by atoms with van der Waals surface area (Å²) in [5, 5.41) is 2.94. The Labute approximate surface area is 259 Å². The number of nitrogens with one attached hydrogen (secondary N) is 1. The van der Waals surface area contributed by atoms with E-state index >= 15 is 0 Å². The number of fused-ring (bicyclic) bond motifs is 1. The quantitative estimate of drug-likeness (QED) is 0.282. The molecule has 0 fully saturated rings. The van der Waals surface area contributed by atoms with Gasteiger partial charge in [-0.2, -0.15) is 0 Å². The van der Waals surface area contributed by atoms with E-state index < -0.39 is 21.9 Å². The maximum absolute atomic E-state index is 14.8. The van der Waals surface area contributed by atoms with Gasteiger partial charge in [0.15, 0.2) is 11.5 Å². The highest BCUT2D eigenvalue weighted by atomic mass is 32.2. The monoisotopic (exact) mass is 625 g/mol.